The molecule has 0 atom stereocenters. The average Bonchev–Trinajstić information content (AvgIpc) is 3.04. The van der Waals surface area contributed by atoms with E-state index in [-0.39, 0.29) is 5.91 Å². The number of rotatable bonds is 7. The molecule has 0 saturated carbocycles. The zero-order chi connectivity index (χ0) is 15.9. The molecule has 1 amide bonds. The van der Waals surface area contributed by atoms with Gasteiger partial charge in [-0.3, -0.25) is 4.79 Å². The van der Waals surface area contributed by atoms with E-state index in [0.29, 0.717) is 30.2 Å². The van der Waals surface area contributed by atoms with Gasteiger partial charge in [-0.15, -0.1) is 11.3 Å². The van der Waals surface area contributed by atoms with Crippen LogP contribution in [-0.4, -0.2) is 27.2 Å². The maximum atomic E-state index is 12.0. The van der Waals surface area contributed by atoms with Crippen LogP contribution >= 0.6 is 11.3 Å². The van der Waals surface area contributed by atoms with E-state index in [4.69, 9.17) is 14.2 Å². The Labute approximate surface area is 133 Å². The van der Waals surface area contributed by atoms with E-state index in [1.54, 1.807) is 38.7 Å². The highest BCUT2D eigenvalue weighted by molar-refractivity contribution is 7.10. The minimum atomic E-state index is -0.0284. The highest BCUT2D eigenvalue weighted by Gasteiger charge is 2.13. The second-order valence-electron chi connectivity index (χ2n) is 4.55. The molecule has 6 heteroatoms. The summed E-state index contributed by atoms with van der Waals surface area (Å²) >= 11 is 1.57. The van der Waals surface area contributed by atoms with Crippen molar-refractivity contribution in [3.05, 3.63) is 40.1 Å². The fourth-order valence-corrected chi connectivity index (χ4v) is 2.76. The number of nitrogens with one attached hydrogen (secondary N) is 1. The Morgan fingerprint density at radius 1 is 1.09 bits per heavy atom. The fraction of sp³-hybridized carbons (Fsp3) is 0.312. The predicted molar refractivity (Wildman–Crippen MR) is 86.0 cm³/mol. The summed E-state index contributed by atoms with van der Waals surface area (Å²) in [6.07, 6.45) is 0.382. The molecule has 0 aliphatic carbocycles. The van der Waals surface area contributed by atoms with Gasteiger partial charge in [0.25, 0.3) is 0 Å². The van der Waals surface area contributed by atoms with E-state index in [1.165, 1.54) is 0 Å². The molecule has 0 spiro atoms. The fourth-order valence-electron chi connectivity index (χ4n) is 2.06. The second-order valence-corrected chi connectivity index (χ2v) is 5.58. The van der Waals surface area contributed by atoms with E-state index in [2.05, 4.69) is 5.32 Å². The molecule has 5 nitrogen and oxygen atoms in total. The number of methoxy groups -OCH3 is 3. The Morgan fingerprint density at radius 3 is 2.36 bits per heavy atom. The Bertz CT molecular complexity index is 625. The van der Waals surface area contributed by atoms with Crippen molar-refractivity contribution in [2.75, 3.05) is 21.3 Å². The van der Waals surface area contributed by atoms with Gasteiger partial charge in [-0.25, -0.2) is 0 Å². The van der Waals surface area contributed by atoms with Crippen LogP contribution in [0.15, 0.2) is 29.6 Å². The van der Waals surface area contributed by atoms with Crippen molar-refractivity contribution in [1.29, 1.82) is 0 Å². The summed E-state index contributed by atoms with van der Waals surface area (Å²) < 4.78 is 15.9. The van der Waals surface area contributed by atoms with Gasteiger partial charge in [0.15, 0.2) is 11.5 Å². The van der Waals surface area contributed by atoms with Crippen LogP contribution in [0.2, 0.25) is 0 Å². The van der Waals surface area contributed by atoms with Crippen molar-refractivity contribution in [1.82, 2.24) is 5.32 Å². The van der Waals surface area contributed by atoms with Crippen molar-refractivity contribution < 1.29 is 19.0 Å². The smallest absolute Gasteiger partial charge is 0.225 e. The largest absolute Gasteiger partial charge is 0.496 e. The summed E-state index contributed by atoms with van der Waals surface area (Å²) in [5.74, 6) is 1.81. The van der Waals surface area contributed by atoms with Crippen LogP contribution in [0.1, 0.15) is 10.4 Å². The summed E-state index contributed by atoms with van der Waals surface area (Å²) in [4.78, 5) is 13.0. The quantitative estimate of drug-likeness (QED) is 0.852. The van der Waals surface area contributed by atoms with E-state index in [0.717, 1.165) is 10.4 Å². The van der Waals surface area contributed by atoms with Crippen LogP contribution in [0, 0.1) is 0 Å². The molecule has 1 N–H and O–H groups in total. The Kier molecular flexibility index (Phi) is 5.66. The number of carbonyl (C=O) groups is 1. The molecule has 1 aromatic heterocycles. The highest BCUT2D eigenvalue weighted by Crippen LogP contribution is 2.34. The molecule has 118 valence electrons. The molecular weight excluding hydrogens is 302 g/mol. The van der Waals surface area contributed by atoms with Gasteiger partial charge < -0.3 is 19.5 Å². The zero-order valence-corrected chi connectivity index (χ0v) is 13.7. The first-order valence-electron chi connectivity index (χ1n) is 6.76. The molecule has 0 fully saturated rings. The zero-order valence-electron chi connectivity index (χ0n) is 12.8. The number of hydrogen-bond acceptors (Lipinski definition) is 5. The summed E-state index contributed by atoms with van der Waals surface area (Å²) in [5, 5.41) is 4.85. The van der Waals surface area contributed by atoms with Crippen molar-refractivity contribution >= 4 is 17.2 Å². The number of amides is 1. The van der Waals surface area contributed by atoms with Gasteiger partial charge in [0.1, 0.15) is 5.75 Å². The van der Waals surface area contributed by atoms with Gasteiger partial charge in [0.2, 0.25) is 5.91 Å². The predicted octanol–water partition coefficient (Wildman–Crippen LogP) is 2.63. The molecule has 22 heavy (non-hydrogen) atoms. The third-order valence-corrected chi connectivity index (χ3v) is 4.05. The number of hydrogen-bond donors (Lipinski definition) is 1. The molecule has 1 heterocycles. The lowest BCUT2D eigenvalue weighted by atomic mass is 10.1. The molecule has 1 aromatic carbocycles. The first-order chi connectivity index (χ1) is 10.7. The Hall–Kier alpha value is -2.21. The lowest BCUT2D eigenvalue weighted by molar-refractivity contribution is -0.120. The van der Waals surface area contributed by atoms with Crippen LogP contribution in [0.4, 0.5) is 0 Å². The molecule has 0 unspecified atom stereocenters. The van der Waals surface area contributed by atoms with Crippen LogP contribution < -0.4 is 19.5 Å². The number of carbonyl (C=O) groups excluding carboxylic acids is 1. The van der Waals surface area contributed by atoms with Crippen LogP contribution in [0.3, 0.4) is 0 Å². The molecule has 0 aliphatic heterocycles. The maximum absolute atomic E-state index is 12.0. The molecule has 2 rings (SSSR count). The lowest BCUT2D eigenvalue weighted by Gasteiger charge is -2.14. The molecule has 0 bridgehead atoms. The van der Waals surface area contributed by atoms with Crippen molar-refractivity contribution in [2.45, 2.75) is 13.0 Å². The van der Waals surface area contributed by atoms with Crippen molar-refractivity contribution in [2.24, 2.45) is 0 Å². The summed E-state index contributed by atoms with van der Waals surface area (Å²) in [7, 11) is 4.72. The van der Waals surface area contributed by atoms with Crippen LogP contribution in [0.5, 0.6) is 17.2 Å². The van der Waals surface area contributed by atoms with Gasteiger partial charge in [0, 0.05) is 23.1 Å². The van der Waals surface area contributed by atoms with E-state index in [1.807, 2.05) is 23.6 Å². The Balaban J connectivity index is 2.06. The van der Waals surface area contributed by atoms with Gasteiger partial charge in [0.05, 0.1) is 27.8 Å². The van der Waals surface area contributed by atoms with Gasteiger partial charge >= 0.3 is 0 Å². The summed E-state index contributed by atoms with van der Waals surface area (Å²) in [5.41, 5.74) is 0.833. The average molecular weight is 321 g/mol. The van der Waals surface area contributed by atoms with Gasteiger partial charge in [-0.05, 0) is 17.5 Å². The van der Waals surface area contributed by atoms with E-state index >= 15 is 0 Å². The Morgan fingerprint density at radius 2 is 1.77 bits per heavy atom. The molecule has 0 aliphatic rings. The number of ether oxygens (including phenoxy) is 3. The lowest BCUT2D eigenvalue weighted by Crippen LogP contribution is -2.24. The molecule has 2 aromatic rings. The first-order valence-corrected chi connectivity index (χ1v) is 7.63. The standard InChI is InChI=1S/C16H19NO4S/c1-19-13-9-15(21-3)14(20-2)7-11(13)10-17-16(18)8-12-5-4-6-22-12/h4-7,9H,8,10H2,1-3H3,(H,17,18). The SMILES string of the molecule is COc1cc(OC)c(OC)cc1CNC(=O)Cc1cccs1. The summed E-state index contributed by atoms with van der Waals surface area (Å²) in [6, 6.07) is 7.44. The third-order valence-electron chi connectivity index (χ3n) is 3.18. The molecular formula is C16H19NO4S. The topological polar surface area (TPSA) is 56.8 Å². The van der Waals surface area contributed by atoms with E-state index < -0.39 is 0 Å². The minimum absolute atomic E-state index is 0.0284. The minimum Gasteiger partial charge on any atom is -0.496 e. The second kappa shape index (κ2) is 7.70. The maximum Gasteiger partial charge on any atom is 0.225 e. The summed E-state index contributed by atoms with van der Waals surface area (Å²) in [6.45, 7) is 0.369. The van der Waals surface area contributed by atoms with E-state index in [9.17, 15) is 4.79 Å². The molecule has 0 radical (unpaired) electrons. The van der Waals surface area contributed by atoms with Gasteiger partial charge in [-0.1, -0.05) is 6.07 Å². The van der Waals surface area contributed by atoms with Crippen LogP contribution in [0.25, 0.3) is 0 Å². The monoisotopic (exact) mass is 321 g/mol. The van der Waals surface area contributed by atoms with Gasteiger partial charge in [-0.2, -0.15) is 0 Å². The third kappa shape index (κ3) is 3.92. The van der Waals surface area contributed by atoms with Crippen molar-refractivity contribution in [3.63, 3.8) is 0 Å². The first kappa shape index (κ1) is 16.2. The molecule has 0 saturated heterocycles. The number of thiophene rings is 1. The van der Waals surface area contributed by atoms with Crippen molar-refractivity contribution in [3.8, 4) is 17.2 Å². The normalized spacial score (nSPS) is 10.1. The number of benzene rings is 1. The van der Waals surface area contributed by atoms with Crippen LogP contribution in [-0.2, 0) is 17.8 Å². The highest BCUT2D eigenvalue weighted by atomic mass is 32.1.